The van der Waals surface area contributed by atoms with Crippen LogP contribution in [0.5, 0.6) is 5.75 Å². The van der Waals surface area contributed by atoms with Gasteiger partial charge in [-0.05, 0) is 60.7 Å². The summed E-state index contributed by atoms with van der Waals surface area (Å²) in [5.41, 5.74) is 1.94. The van der Waals surface area contributed by atoms with Crippen molar-refractivity contribution in [3.63, 3.8) is 0 Å². The number of nitrogens with zero attached hydrogens (tertiary/aromatic N) is 1. The number of benzene rings is 2. The number of halogens is 1. The second-order valence-corrected chi connectivity index (χ2v) is 8.09. The Morgan fingerprint density at radius 2 is 1.69 bits per heavy atom. The average molecular weight is 415 g/mol. The van der Waals surface area contributed by atoms with Gasteiger partial charge in [0.1, 0.15) is 5.75 Å². The van der Waals surface area contributed by atoms with Gasteiger partial charge in [-0.15, -0.1) is 0 Å². The van der Waals surface area contributed by atoms with Crippen molar-refractivity contribution in [2.45, 2.75) is 38.6 Å². The highest BCUT2D eigenvalue weighted by molar-refractivity contribution is 6.30. The van der Waals surface area contributed by atoms with Gasteiger partial charge in [0, 0.05) is 29.7 Å². The summed E-state index contributed by atoms with van der Waals surface area (Å²) in [6.07, 6.45) is 1.48. The third-order valence-electron chi connectivity index (χ3n) is 5.16. The molecule has 0 atom stereocenters. The van der Waals surface area contributed by atoms with Crippen LogP contribution in [0.3, 0.4) is 0 Å². The fraction of sp³-hybridized carbons (Fsp3) is 0.391. The van der Waals surface area contributed by atoms with E-state index in [-0.39, 0.29) is 24.5 Å². The summed E-state index contributed by atoms with van der Waals surface area (Å²) >= 11 is 5.83. The van der Waals surface area contributed by atoms with Gasteiger partial charge in [-0.2, -0.15) is 0 Å². The molecule has 1 heterocycles. The average Bonchev–Trinajstić information content (AvgIpc) is 2.73. The maximum absolute atomic E-state index is 12.7. The molecule has 0 radical (unpaired) electrons. The van der Waals surface area contributed by atoms with E-state index < -0.39 is 0 Å². The first-order chi connectivity index (χ1) is 13.9. The minimum Gasteiger partial charge on any atom is -0.484 e. The van der Waals surface area contributed by atoms with Crippen molar-refractivity contribution in [1.82, 2.24) is 10.2 Å². The van der Waals surface area contributed by atoms with Crippen LogP contribution in [-0.2, 0) is 4.79 Å². The first kappa shape index (κ1) is 21.2. The summed E-state index contributed by atoms with van der Waals surface area (Å²) < 4.78 is 5.47. The summed E-state index contributed by atoms with van der Waals surface area (Å²) in [6.45, 7) is 5.50. The van der Waals surface area contributed by atoms with E-state index in [4.69, 9.17) is 16.3 Å². The number of hydrogen-bond donors (Lipinski definition) is 1. The van der Waals surface area contributed by atoms with Crippen molar-refractivity contribution in [1.29, 1.82) is 0 Å². The monoisotopic (exact) mass is 414 g/mol. The zero-order valence-electron chi connectivity index (χ0n) is 16.9. The molecule has 0 aliphatic carbocycles. The molecule has 0 bridgehead atoms. The van der Waals surface area contributed by atoms with Crippen LogP contribution in [0.4, 0.5) is 0 Å². The number of amides is 2. The van der Waals surface area contributed by atoms with Crippen molar-refractivity contribution in [2.24, 2.45) is 0 Å². The van der Waals surface area contributed by atoms with Crippen LogP contribution in [0, 0.1) is 0 Å². The summed E-state index contributed by atoms with van der Waals surface area (Å²) in [7, 11) is 0. The van der Waals surface area contributed by atoms with Gasteiger partial charge in [-0.25, -0.2) is 0 Å². The predicted octanol–water partition coefficient (Wildman–Crippen LogP) is 4.26. The van der Waals surface area contributed by atoms with Crippen LogP contribution in [-0.4, -0.2) is 42.5 Å². The fourth-order valence-corrected chi connectivity index (χ4v) is 3.50. The van der Waals surface area contributed by atoms with Gasteiger partial charge in [-0.3, -0.25) is 9.59 Å². The minimum atomic E-state index is -0.158. The topological polar surface area (TPSA) is 58.6 Å². The summed E-state index contributed by atoms with van der Waals surface area (Å²) in [6, 6.07) is 14.8. The number of piperidine rings is 1. The number of rotatable bonds is 6. The van der Waals surface area contributed by atoms with Crippen LogP contribution < -0.4 is 10.1 Å². The molecule has 2 amide bonds. The van der Waals surface area contributed by atoms with Crippen molar-refractivity contribution < 1.29 is 14.3 Å². The van der Waals surface area contributed by atoms with E-state index in [1.807, 2.05) is 29.2 Å². The normalized spacial score (nSPS) is 14.7. The molecule has 1 fully saturated rings. The standard InChI is InChI=1S/C23H27ClN2O3/c1-16(2)17-3-5-18(6-4-17)23(28)26-13-11-20(12-14-26)25-22(27)15-29-21-9-7-19(24)8-10-21/h3-10,16,20H,11-15H2,1-2H3,(H,25,27). The molecule has 154 valence electrons. The third-order valence-corrected chi connectivity index (χ3v) is 5.41. The van der Waals surface area contributed by atoms with Crippen LogP contribution in [0.2, 0.25) is 5.02 Å². The lowest BCUT2D eigenvalue weighted by Gasteiger charge is -2.32. The Morgan fingerprint density at radius 1 is 1.07 bits per heavy atom. The maximum Gasteiger partial charge on any atom is 0.258 e. The fourth-order valence-electron chi connectivity index (χ4n) is 3.37. The highest BCUT2D eigenvalue weighted by atomic mass is 35.5. The second-order valence-electron chi connectivity index (χ2n) is 7.65. The molecule has 0 unspecified atom stereocenters. The summed E-state index contributed by atoms with van der Waals surface area (Å²) in [4.78, 5) is 26.7. The van der Waals surface area contributed by atoms with Gasteiger partial charge in [0.05, 0.1) is 0 Å². The van der Waals surface area contributed by atoms with Crippen molar-refractivity contribution in [2.75, 3.05) is 19.7 Å². The molecule has 1 aliphatic rings. The lowest BCUT2D eigenvalue weighted by atomic mass is 10.0. The molecule has 29 heavy (non-hydrogen) atoms. The van der Waals surface area contributed by atoms with Crippen LogP contribution in [0.1, 0.15) is 48.5 Å². The Bertz CT molecular complexity index is 826. The van der Waals surface area contributed by atoms with E-state index in [0.29, 0.717) is 35.3 Å². The summed E-state index contributed by atoms with van der Waals surface area (Å²) in [5, 5.41) is 3.62. The number of nitrogens with one attached hydrogen (secondary N) is 1. The molecule has 0 spiro atoms. The van der Waals surface area contributed by atoms with Gasteiger partial charge in [0.2, 0.25) is 0 Å². The Balaban J connectivity index is 1.43. The van der Waals surface area contributed by atoms with Crippen molar-refractivity contribution in [3.8, 4) is 5.75 Å². The van der Waals surface area contributed by atoms with Crippen LogP contribution >= 0.6 is 11.6 Å². The van der Waals surface area contributed by atoms with E-state index >= 15 is 0 Å². The Hall–Kier alpha value is -2.53. The zero-order valence-corrected chi connectivity index (χ0v) is 17.6. The van der Waals surface area contributed by atoms with E-state index in [1.54, 1.807) is 24.3 Å². The molecule has 1 aliphatic heterocycles. The molecule has 0 saturated carbocycles. The van der Waals surface area contributed by atoms with Crippen LogP contribution in [0.25, 0.3) is 0 Å². The third kappa shape index (κ3) is 5.97. The molecule has 3 rings (SSSR count). The lowest BCUT2D eigenvalue weighted by molar-refractivity contribution is -0.124. The van der Waals surface area contributed by atoms with Crippen molar-refractivity contribution >= 4 is 23.4 Å². The van der Waals surface area contributed by atoms with E-state index in [9.17, 15) is 9.59 Å². The molecule has 1 saturated heterocycles. The maximum atomic E-state index is 12.7. The number of hydrogen-bond acceptors (Lipinski definition) is 3. The lowest BCUT2D eigenvalue weighted by Crippen LogP contribution is -2.47. The quantitative estimate of drug-likeness (QED) is 0.768. The smallest absolute Gasteiger partial charge is 0.258 e. The molecule has 0 aromatic heterocycles. The van der Waals surface area contributed by atoms with Gasteiger partial charge >= 0.3 is 0 Å². The zero-order chi connectivity index (χ0) is 20.8. The minimum absolute atomic E-state index is 0.0387. The van der Waals surface area contributed by atoms with Crippen molar-refractivity contribution in [3.05, 3.63) is 64.7 Å². The van der Waals surface area contributed by atoms with E-state index in [0.717, 1.165) is 12.8 Å². The molecule has 6 heteroatoms. The Morgan fingerprint density at radius 3 is 2.28 bits per heavy atom. The number of likely N-dealkylation sites (tertiary alicyclic amines) is 1. The van der Waals surface area contributed by atoms with Crippen LogP contribution in [0.15, 0.2) is 48.5 Å². The Labute approximate surface area is 177 Å². The number of carbonyl (C=O) groups is 2. The highest BCUT2D eigenvalue weighted by Gasteiger charge is 2.24. The van der Waals surface area contributed by atoms with Gasteiger partial charge in [0.25, 0.3) is 11.8 Å². The first-order valence-electron chi connectivity index (χ1n) is 9.99. The van der Waals surface area contributed by atoms with E-state index in [1.165, 1.54) is 5.56 Å². The largest absolute Gasteiger partial charge is 0.484 e. The molecule has 2 aromatic rings. The molecule has 2 aromatic carbocycles. The number of ether oxygens (including phenoxy) is 1. The second kappa shape index (κ2) is 9.79. The Kier molecular flexibility index (Phi) is 7.15. The predicted molar refractivity (Wildman–Crippen MR) is 115 cm³/mol. The molecular weight excluding hydrogens is 388 g/mol. The SMILES string of the molecule is CC(C)c1ccc(C(=O)N2CCC(NC(=O)COc3ccc(Cl)cc3)CC2)cc1. The first-order valence-corrected chi connectivity index (χ1v) is 10.4. The van der Waals surface area contributed by atoms with Gasteiger partial charge in [-0.1, -0.05) is 37.6 Å². The van der Waals surface area contributed by atoms with Gasteiger partial charge in [0.15, 0.2) is 6.61 Å². The number of carbonyl (C=O) groups excluding carboxylic acids is 2. The molecule has 1 N–H and O–H groups in total. The van der Waals surface area contributed by atoms with E-state index in [2.05, 4.69) is 19.2 Å². The summed E-state index contributed by atoms with van der Waals surface area (Å²) in [5.74, 6) is 0.945. The molecule has 5 nitrogen and oxygen atoms in total. The van der Waals surface area contributed by atoms with Gasteiger partial charge < -0.3 is 15.0 Å². The highest BCUT2D eigenvalue weighted by Crippen LogP contribution is 2.18. The molecular formula is C23H27ClN2O3.